The normalized spacial score (nSPS) is 13.5. The summed E-state index contributed by atoms with van der Waals surface area (Å²) in [5.74, 6) is -0.0489. The highest BCUT2D eigenvalue weighted by molar-refractivity contribution is 8.00. The summed E-state index contributed by atoms with van der Waals surface area (Å²) < 4.78 is 1.71. The van der Waals surface area contributed by atoms with Crippen LogP contribution >= 0.6 is 35.0 Å². The van der Waals surface area contributed by atoms with Crippen LogP contribution in [-0.2, 0) is 4.79 Å². The van der Waals surface area contributed by atoms with Gasteiger partial charge in [-0.3, -0.25) is 9.20 Å². The highest BCUT2D eigenvalue weighted by atomic mass is 35.5. The van der Waals surface area contributed by atoms with Crippen molar-refractivity contribution in [2.75, 3.05) is 0 Å². The predicted octanol–water partition coefficient (Wildman–Crippen LogP) is 5.17. The second-order valence-corrected chi connectivity index (χ2v) is 8.35. The molecule has 0 saturated heterocycles. The maximum Gasteiger partial charge on any atom is 0.233 e. The molecule has 2 aromatic heterocycles. The Morgan fingerprint density at radius 2 is 2.00 bits per heavy atom. The highest BCUT2D eigenvalue weighted by Gasteiger charge is 2.22. The molecule has 0 bridgehead atoms. The van der Waals surface area contributed by atoms with Crippen LogP contribution in [0.5, 0.6) is 0 Å². The SMILES string of the molecule is CCCC(NC(=O)C(C)Sc1nnc2c(Cl)cc(Cl)cn12)c1ccccc1. The van der Waals surface area contributed by atoms with Gasteiger partial charge < -0.3 is 5.32 Å². The number of carbonyl (C=O) groups is 1. The van der Waals surface area contributed by atoms with Crippen LogP contribution < -0.4 is 5.32 Å². The average molecular weight is 423 g/mol. The predicted molar refractivity (Wildman–Crippen MR) is 111 cm³/mol. The lowest BCUT2D eigenvalue weighted by Gasteiger charge is -2.20. The molecule has 1 N–H and O–H groups in total. The summed E-state index contributed by atoms with van der Waals surface area (Å²) in [6, 6.07) is 11.6. The molecule has 0 aliphatic rings. The van der Waals surface area contributed by atoms with Crippen LogP contribution in [0.25, 0.3) is 5.65 Å². The molecule has 8 heteroatoms. The Balaban J connectivity index is 1.74. The molecule has 2 unspecified atom stereocenters. The number of hydrogen-bond donors (Lipinski definition) is 1. The molecule has 2 atom stereocenters. The van der Waals surface area contributed by atoms with E-state index in [0.29, 0.717) is 20.8 Å². The van der Waals surface area contributed by atoms with Gasteiger partial charge in [0.25, 0.3) is 0 Å². The zero-order valence-electron chi connectivity index (χ0n) is 15.0. The number of rotatable bonds is 7. The number of aromatic nitrogens is 3. The van der Waals surface area contributed by atoms with Gasteiger partial charge in [-0.25, -0.2) is 0 Å². The van der Waals surface area contributed by atoms with Gasteiger partial charge in [0.1, 0.15) is 0 Å². The minimum Gasteiger partial charge on any atom is -0.348 e. The van der Waals surface area contributed by atoms with Crippen LogP contribution in [0.15, 0.2) is 47.8 Å². The molecule has 2 heterocycles. The third-order valence-corrected chi connectivity index (χ3v) is 5.68. The van der Waals surface area contributed by atoms with E-state index in [0.717, 1.165) is 18.4 Å². The molecule has 5 nitrogen and oxygen atoms in total. The lowest BCUT2D eigenvalue weighted by Crippen LogP contribution is -2.34. The van der Waals surface area contributed by atoms with Crippen LogP contribution in [0.4, 0.5) is 0 Å². The number of hydrogen-bond acceptors (Lipinski definition) is 4. The standard InChI is InChI=1S/C19H20Cl2N4OS/c1-3-7-16(13-8-5-4-6-9-13)22-18(26)12(2)27-19-24-23-17-15(21)10-14(20)11-25(17)19/h4-6,8-12,16H,3,7H2,1-2H3,(H,22,26). The van der Waals surface area contributed by atoms with Crippen molar-refractivity contribution in [3.8, 4) is 0 Å². The van der Waals surface area contributed by atoms with Gasteiger partial charge in [0.2, 0.25) is 5.91 Å². The van der Waals surface area contributed by atoms with E-state index in [1.165, 1.54) is 11.8 Å². The molecule has 0 radical (unpaired) electrons. The van der Waals surface area contributed by atoms with Gasteiger partial charge in [0.05, 0.1) is 21.3 Å². The highest BCUT2D eigenvalue weighted by Crippen LogP contribution is 2.28. The van der Waals surface area contributed by atoms with Crippen molar-refractivity contribution in [1.29, 1.82) is 0 Å². The molecule has 0 spiro atoms. The quantitative estimate of drug-likeness (QED) is 0.533. The number of benzene rings is 1. The van der Waals surface area contributed by atoms with E-state index in [-0.39, 0.29) is 17.2 Å². The van der Waals surface area contributed by atoms with Gasteiger partial charge in [0, 0.05) is 6.20 Å². The monoisotopic (exact) mass is 422 g/mol. The van der Waals surface area contributed by atoms with Crippen molar-refractivity contribution < 1.29 is 4.79 Å². The first-order valence-electron chi connectivity index (χ1n) is 8.71. The second-order valence-electron chi connectivity index (χ2n) is 6.20. The van der Waals surface area contributed by atoms with E-state index in [9.17, 15) is 4.79 Å². The number of fused-ring (bicyclic) bond motifs is 1. The Labute approximate surface area is 172 Å². The molecular weight excluding hydrogens is 403 g/mol. The fourth-order valence-corrected chi connectivity index (χ4v) is 4.12. The maximum atomic E-state index is 12.8. The Kier molecular flexibility index (Phi) is 6.63. The van der Waals surface area contributed by atoms with Crippen molar-refractivity contribution in [1.82, 2.24) is 19.9 Å². The molecule has 142 valence electrons. The van der Waals surface area contributed by atoms with E-state index in [4.69, 9.17) is 23.2 Å². The van der Waals surface area contributed by atoms with Crippen molar-refractivity contribution in [2.24, 2.45) is 0 Å². The molecule has 0 fully saturated rings. The molecule has 0 aliphatic carbocycles. The van der Waals surface area contributed by atoms with Crippen molar-refractivity contribution >= 4 is 46.5 Å². The molecule has 3 rings (SSSR count). The summed E-state index contributed by atoms with van der Waals surface area (Å²) in [6.45, 7) is 3.96. The number of thioether (sulfide) groups is 1. The van der Waals surface area contributed by atoms with E-state index in [2.05, 4.69) is 22.4 Å². The van der Waals surface area contributed by atoms with Crippen molar-refractivity contribution in [3.05, 3.63) is 58.2 Å². The summed E-state index contributed by atoms with van der Waals surface area (Å²) in [5.41, 5.74) is 1.63. The maximum absolute atomic E-state index is 12.8. The fourth-order valence-electron chi connectivity index (χ4n) is 2.78. The lowest BCUT2D eigenvalue weighted by atomic mass is 10.0. The smallest absolute Gasteiger partial charge is 0.233 e. The fraction of sp³-hybridized carbons (Fsp3) is 0.316. The topological polar surface area (TPSA) is 59.3 Å². The van der Waals surface area contributed by atoms with E-state index < -0.39 is 0 Å². The molecule has 1 amide bonds. The van der Waals surface area contributed by atoms with Gasteiger partial charge in [-0.2, -0.15) is 0 Å². The molecule has 1 aromatic carbocycles. The zero-order chi connectivity index (χ0) is 19.4. The number of amides is 1. The van der Waals surface area contributed by atoms with Crippen LogP contribution in [0.1, 0.15) is 38.3 Å². The zero-order valence-corrected chi connectivity index (χ0v) is 17.4. The Bertz CT molecular complexity index is 932. The first-order valence-corrected chi connectivity index (χ1v) is 10.3. The number of nitrogens with one attached hydrogen (secondary N) is 1. The summed E-state index contributed by atoms with van der Waals surface area (Å²) in [5, 5.41) is 12.5. The largest absolute Gasteiger partial charge is 0.348 e. The third kappa shape index (κ3) is 4.75. The molecule has 27 heavy (non-hydrogen) atoms. The van der Waals surface area contributed by atoms with Gasteiger partial charge in [-0.1, -0.05) is 78.6 Å². The number of carbonyl (C=O) groups excluding carboxylic acids is 1. The number of halogens is 2. The Morgan fingerprint density at radius 1 is 1.26 bits per heavy atom. The van der Waals surface area contributed by atoms with Gasteiger partial charge >= 0.3 is 0 Å². The minimum atomic E-state index is -0.349. The average Bonchev–Trinajstić information content (AvgIpc) is 3.05. The first-order chi connectivity index (χ1) is 13.0. The molecule has 0 aliphatic heterocycles. The Morgan fingerprint density at radius 3 is 2.70 bits per heavy atom. The summed E-state index contributed by atoms with van der Waals surface area (Å²) in [4.78, 5) is 12.8. The van der Waals surface area contributed by atoms with E-state index in [1.807, 2.05) is 37.3 Å². The third-order valence-electron chi connectivity index (χ3n) is 4.14. The van der Waals surface area contributed by atoms with Crippen LogP contribution in [0.2, 0.25) is 10.0 Å². The molecule has 3 aromatic rings. The number of pyridine rings is 1. The van der Waals surface area contributed by atoms with Crippen molar-refractivity contribution in [3.63, 3.8) is 0 Å². The second kappa shape index (κ2) is 8.95. The van der Waals surface area contributed by atoms with Crippen LogP contribution in [0, 0.1) is 0 Å². The van der Waals surface area contributed by atoms with Gasteiger partial charge in [0.15, 0.2) is 10.8 Å². The van der Waals surface area contributed by atoms with E-state index in [1.54, 1.807) is 16.7 Å². The van der Waals surface area contributed by atoms with Gasteiger partial charge in [-0.05, 0) is 25.0 Å². The van der Waals surface area contributed by atoms with E-state index >= 15 is 0 Å². The first kappa shape index (κ1) is 20.0. The molecule has 0 saturated carbocycles. The van der Waals surface area contributed by atoms with Gasteiger partial charge in [-0.15, -0.1) is 10.2 Å². The van der Waals surface area contributed by atoms with Crippen LogP contribution in [0.3, 0.4) is 0 Å². The summed E-state index contributed by atoms with van der Waals surface area (Å²) in [7, 11) is 0. The van der Waals surface area contributed by atoms with Crippen molar-refractivity contribution in [2.45, 2.75) is 43.1 Å². The minimum absolute atomic E-state index is 0.00853. The number of nitrogens with zero attached hydrogens (tertiary/aromatic N) is 3. The summed E-state index contributed by atoms with van der Waals surface area (Å²) in [6.07, 6.45) is 3.55. The Hall–Kier alpha value is -1.76. The lowest BCUT2D eigenvalue weighted by molar-refractivity contribution is -0.121. The summed E-state index contributed by atoms with van der Waals surface area (Å²) >= 11 is 13.5. The van der Waals surface area contributed by atoms with Crippen LogP contribution in [-0.4, -0.2) is 25.8 Å². The molecular formula is C19H20Cl2N4OS.